The van der Waals surface area contributed by atoms with Crippen LogP contribution in [0.5, 0.6) is 0 Å². The molecule has 1 heterocycles. The van der Waals surface area contributed by atoms with Gasteiger partial charge in [0.25, 0.3) is 0 Å². The Morgan fingerprint density at radius 2 is 1.95 bits per heavy atom. The number of nitrogens with one attached hydrogen (secondary N) is 1. The number of anilines is 1. The lowest BCUT2D eigenvalue weighted by molar-refractivity contribution is -0.00910. The molecule has 1 aromatic heterocycles. The number of aromatic nitrogens is 2. The Bertz CT molecular complexity index is 431. The largest absolute Gasteiger partial charge is 0.371 e. The first-order valence-corrected chi connectivity index (χ1v) is 7.55. The van der Waals surface area contributed by atoms with Crippen LogP contribution in [0.4, 0.5) is 5.82 Å². The van der Waals surface area contributed by atoms with Crippen LogP contribution in [0.15, 0.2) is 4.47 Å². The summed E-state index contributed by atoms with van der Waals surface area (Å²) in [5.41, 5.74) is 0.562. The highest BCUT2D eigenvalue weighted by molar-refractivity contribution is 9.10. The van der Waals surface area contributed by atoms with E-state index in [1.54, 1.807) is 7.11 Å². The first kappa shape index (κ1) is 16.4. The summed E-state index contributed by atoms with van der Waals surface area (Å²) in [6.07, 6.45) is 0.828. The van der Waals surface area contributed by atoms with E-state index in [9.17, 15) is 0 Å². The number of hydrogen-bond acceptors (Lipinski definition) is 4. The Morgan fingerprint density at radius 1 is 1.32 bits per heavy atom. The van der Waals surface area contributed by atoms with Crippen molar-refractivity contribution >= 4 is 21.7 Å². The second kappa shape index (κ2) is 6.66. The summed E-state index contributed by atoms with van der Waals surface area (Å²) in [6, 6.07) is 0. The van der Waals surface area contributed by atoms with Crippen LogP contribution in [-0.4, -0.2) is 23.6 Å². The molecule has 108 valence electrons. The first-order chi connectivity index (χ1) is 8.89. The molecule has 0 aliphatic carbocycles. The van der Waals surface area contributed by atoms with Crippen molar-refractivity contribution in [3.8, 4) is 0 Å². The van der Waals surface area contributed by atoms with Gasteiger partial charge in [-0.15, -0.1) is 0 Å². The zero-order valence-electron chi connectivity index (χ0n) is 12.7. The van der Waals surface area contributed by atoms with Crippen LogP contribution >= 0.6 is 15.9 Å². The molecule has 0 saturated carbocycles. The van der Waals surface area contributed by atoms with Crippen molar-refractivity contribution in [3.05, 3.63) is 16.0 Å². The van der Waals surface area contributed by atoms with Crippen LogP contribution in [0.1, 0.15) is 58.5 Å². The lowest BCUT2D eigenvalue weighted by atomic mass is 10.0. The topological polar surface area (TPSA) is 47.0 Å². The van der Waals surface area contributed by atoms with E-state index < -0.39 is 5.60 Å². The molecular weight excluding hydrogens is 306 g/mol. The highest BCUT2D eigenvalue weighted by Gasteiger charge is 2.29. The van der Waals surface area contributed by atoms with Gasteiger partial charge in [-0.05, 0) is 42.1 Å². The fourth-order valence-corrected chi connectivity index (χ4v) is 2.54. The molecule has 1 N–H and O–H groups in total. The van der Waals surface area contributed by atoms with Crippen molar-refractivity contribution in [3.63, 3.8) is 0 Å². The van der Waals surface area contributed by atoms with Gasteiger partial charge in [-0.2, -0.15) is 0 Å². The maximum Gasteiger partial charge on any atom is 0.162 e. The van der Waals surface area contributed by atoms with E-state index in [2.05, 4.69) is 53.9 Å². The smallest absolute Gasteiger partial charge is 0.162 e. The van der Waals surface area contributed by atoms with E-state index in [1.807, 2.05) is 6.92 Å². The fraction of sp³-hybridized carbons (Fsp3) is 0.714. The molecule has 5 heteroatoms. The van der Waals surface area contributed by atoms with Gasteiger partial charge in [0, 0.05) is 13.7 Å². The van der Waals surface area contributed by atoms with Crippen molar-refractivity contribution in [1.29, 1.82) is 0 Å². The minimum Gasteiger partial charge on any atom is -0.371 e. The summed E-state index contributed by atoms with van der Waals surface area (Å²) in [4.78, 5) is 9.33. The Labute approximate surface area is 124 Å². The first-order valence-electron chi connectivity index (χ1n) is 6.76. The van der Waals surface area contributed by atoms with E-state index in [1.165, 1.54) is 0 Å². The van der Waals surface area contributed by atoms with Crippen LogP contribution in [0, 0.1) is 0 Å². The van der Waals surface area contributed by atoms with Crippen molar-refractivity contribution in [1.82, 2.24) is 9.97 Å². The third kappa shape index (κ3) is 3.45. The van der Waals surface area contributed by atoms with Crippen molar-refractivity contribution in [2.45, 2.75) is 52.6 Å². The summed E-state index contributed by atoms with van der Waals surface area (Å²) in [5, 5.41) is 3.28. The minimum atomic E-state index is -0.450. The van der Waals surface area contributed by atoms with Crippen molar-refractivity contribution in [2.75, 3.05) is 19.0 Å². The average molecular weight is 330 g/mol. The number of nitrogens with zero attached hydrogens (tertiary/aromatic N) is 2. The minimum absolute atomic E-state index is 0.325. The third-order valence-electron chi connectivity index (χ3n) is 3.37. The zero-order valence-corrected chi connectivity index (χ0v) is 14.3. The maximum absolute atomic E-state index is 5.61. The Morgan fingerprint density at radius 3 is 2.37 bits per heavy atom. The second-order valence-electron chi connectivity index (χ2n) is 5.07. The molecule has 0 aliphatic heterocycles. The highest BCUT2D eigenvalue weighted by atomic mass is 79.9. The summed E-state index contributed by atoms with van der Waals surface area (Å²) in [7, 11) is 1.71. The predicted molar refractivity (Wildman–Crippen MR) is 82.6 cm³/mol. The number of halogens is 1. The van der Waals surface area contributed by atoms with Gasteiger partial charge in [0.15, 0.2) is 5.82 Å². The lowest BCUT2D eigenvalue weighted by Crippen LogP contribution is -2.27. The zero-order chi connectivity index (χ0) is 14.6. The monoisotopic (exact) mass is 329 g/mol. The molecule has 0 fully saturated rings. The van der Waals surface area contributed by atoms with Gasteiger partial charge in [0.2, 0.25) is 0 Å². The maximum atomic E-state index is 5.61. The van der Waals surface area contributed by atoms with Crippen LogP contribution in [0.3, 0.4) is 0 Å². The third-order valence-corrected chi connectivity index (χ3v) is 4.15. The number of hydrogen-bond donors (Lipinski definition) is 1. The number of methoxy groups -OCH3 is 1. The van der Waals surface area contributed by atoms with E-state index in [-0.39, 0.29) is 0 Å². The van der Waals surface area contributed by atoms with Crippen molar-refractivity contribution < 1.29 is 4.74 Å². The molecule has 19 heavy (non-hydrogen) atoms. The highest BCUT2D eigenvalue weighted by Crippen LogP contribution is 2.33. The SMILES string of the molecule is CCNc1nc(C(C)(CC)OC)nc(C(C)C)c1Br. The molecule has 1 aromatic rings. The molecule has 0 aromatic carbocycles. The quantitative estimate of drug-likeness (QED) is 0.854. The summed E-state index contributed by atoms with van der Waals surface area (Å²) in [6.45, 7) is 11.2. The van der Waals surface area contributed by atoms with Gasteiger partial charge in [-0.3, -0.25) is 0 Å². The van der Waals surface area contributed by atoms with Crippen LogP contribution in [0.25, 0.3) is 0 Å². The number of ether oxygens (including phenoxy) is 1. The van der Waals surface area contributed by atoms with E-state index >= 15 is 0 Å². The Kier molecular flexibility index (Phi) is 5.74. The van der Waals surface area contributed by atoms with Crippen LogP contribution in [0.2, 0.25) is 0 Å². The van der Waals surface area contributed by atoms with Gasteiger partial charge in [0.1, 0.15) is 11.4 Å². The van der Waals surface area contributed by atoms with E-state index in [4.69, 9.17) is 9.72 Å². The van der Waals surface area contributed by atoms with Gasteiger partial charge < -0.3 is 10.1 Å². The second-order valence-corrected chi connectivity index (χ2v) is 5.86. The summed E-state index contributed by atoms with van der Waals surface area (Å²) < 4.78 is 6.56. The fourth-order valence-electron chi connectivity index (χ4n) is 1.76. The predicted octanol–water partition coefficient (Wildman–Crippen LogP) is 4.07. The Hall–Kier alpha value is -0.680. The number of rotatable bonds is 6. The van der Waals surface area contributed by atoms with Crippen molar-refractivity contribution in [2.24, 2.45) is 0 Å². The molecule has 0 amide bonds. The van der Waals surface area contributed by atoms with Gasteiger partial charge in [-0.1, -0.05) is 20.8 Å². The Balaban J connectivity index is 3.41. The molecule has 0 aliphatic rings. The molecule has 0 bridgehead atoms. The molecule has 0 radical (unpaired) electrons. The molecule has 0 spiro atoms. The molecule has 0 saturated heterocycles. The molecule has 1 rings (SSSR count). The summed E-state index contributed by atoms with van der Waals surface area (Å²) in [5.74, 6) is 1.90. The lowest BCUT2D eigenvalue weighted by Gasteiger charge is -2.27. The van der Waals surface area contributed by atoms with Crippen LogP contribution in [-0.2, 0) is 10.3 Å². The molecule has 1 atom stereocenters. The molecular formula is C14H24BrN3O. The molecule has 1 unspecified atom stereocenters. The van der Waals surface area contributed by atoms with Gasteiger partial charge >= 0.3 is 0 Å². The van der Waals surface area contributed by atoms with Crippen LogP contribution < -0.4 is 5.32 Å². The van der Waals surface area contributed by atoms with Gasteiger partial charge in [0.05, 0.1) is 10.2 Å². The molecule has 4 nitrogen and oxygen atoms in total. The van der Waals surface area contributed by atoms with E-state index in [0.29, 0.717) is 5.92 Å². The van der Waals surface area contributed by atoms with E-state index in [0.717, 1.165) is 34.8 Å². The van der Waals surface area contributed by atoms with Gasteiger partial charge in [-0.25, -0.2) is 9.97 Å². The average Bonchev–Trinajstić information content (AvgIpc) is 2.40. The summed E-state index contributed by atoms with van der Waals surface area (Å²) >= 11 is 3.60. The standard InChI is InChI=1S/C14H24BrN3O/c1-7-14(5,19-6)13-17-11(9(3)4)10(15)12(18-13)16-8-2/h9H,7-8H2,1-6H3,(H,16,17,18). The normalized spacial score (nSPS) is 14.5.